The van der Waals surface area contributed by atoms with E-state index >= 15 is 0 Å². The van der Waals surface area contributed by atoms with Crippen molar-refractivity contribution >= 4 is 0 Å². The Bertz CT molecular complexity index is 129. The maximum Gasteiger partial charge on any atom is 0.0811 e. The second-order valence-corrected chi connectivity index (χ2v) is 3.84. The molecule has 1 aliphatic rings. The number of nitrogens with two attached hydrogens (primary N) is 1. The van der Waals surface area contributed by atoms with Gasteiger partial charge >= 0.3 is 0 Å². The molecule has 0 amide bonds. The number of hydrogen-bond acceptors (Lipinski definition) is 3. The van der Waals surface area contributed by atoms with Gasteiger partial charge in [0.15, 0.2) is 0 Å². The number of rotatable bonds is 4. The van der Waals surface area contributed by atoms with Crippen molar-refractivity contribution in [3.63, 3.8) is 0 Å². The van der Waals surface area contributed by atoms with Crippen molar-refractivity contribution in [3.05, 3.63) is 0 Å². The van der Waals surface area contributed by atoms with Gasteiger partial charge in [-0.05, 0) is 25.7 Å². The van der Waals surface area contributed by atoms with E-state index in [1.165, 1.54) is 12.8 Å². The third-order valence-electron chi connectivity index (χ3n) is 3.13. The highest BCUT2D eigenvalue weighted by molar-refractivity contribution is 4.77. The van der Waals surface area contributed by atoms with Crippen LogP contribution in [0.3, 0.4) is 0 Å². The molecule has 0 radical (unpaired) electrons. The summed E-state index contributed by atoms with van der Waals surface area (Å²) in [7, 11) is 0. The standard InChI is InChI=1S/C10H22N2O/c1-3-9(4-2)12-7-5-10(13-11)6-8-12/h9-10H,3-8,11H2,1-2H3. The van der Waals surface area contributed by atoms with Crippen LogP contribution in [0.2, 0.25) is 0 Å². The molecule has 1 fully saturated rings. The first-order valence-electron chi connectivity index (χ1n) is 5.41. The lowest BCUT2D eigenvalue weighted by atomic mass is 10.0. The van der Waals surface area contributed by atoms with E-state index < -0.39 is 0 Å². The lowest BCUT2D eigenvalue weighted by molar-refractivity contribution is -0.00381. The Labute approximate surface area is 81.2 Å². The minimum Gasteiger partial charge on any atom is -0.301 e. The van der Waals surface area contributed by atoms with Gasteiger partial charge in [-0.2, -0.15) is 0 Å². The first-order chi connectivity index (χ1) is 6.31. The lowest BCUT2D eigenvalue weighted by Gasteiger charge is -2.36. The summed E-state index contributed by atoms with van der Waals surface area (Å²) < 4.78 is 0. The molecule has 1 aliphatic heterocycles. The highest BCUT2D eigenvalue weighted by atomic mass is 16.6. The van der Waals surface area contributed by atoms with E-state index in [0.29, 0.717) is 6.10 Å². The van der Waals surface area contributed by atoms with Crippen LogP contribution in [-0.4, -0.2) is 30.1 Å². The lowest BCUT2D eigenvalue weighted by Crippen LogP contribution is -2.43. The van der Waals surface area contributed by atoms with Crippen LogP contribution in [0.5, 0.6) is 0 Å². The molecular formula is C10H22N2O. The number of piperidine rings is 1. The van der Waals surface area contributed by atoms with Crippen LogP contribution in [0.15, 0.2) is 0 Å². The molecule has 0 atom stereocenters. The molecule has 3 nitrogen and oxygen atoms in total. The molecule has 78 valence electrons. The Hall–Kier alpha value is -0.120. The van der Waals surface area contributed by atoms with Crippen molar-refractivity contribution < 1.29 is 4.84 Å². The third-order valence-corrected chi connectivity index (χ3v) is 3.13. The Morgan fingerprint density at radius 2 is 1.85 bits per heavy atom. The molecule has 0 aliphatic carbocycles. The topological polar surface area (TPSA) is 38.5 Å². The average Bonchev–Trinajstić information content (AvgIpc) is 2.21. The van der Waals surface area contributed by atoms with E-state index in [-0.39, 0.29) is 0 Å². The molecule has 1 rings (SSSR count). The fourth-order valence-electron chi connectivity index (χ4n) is 2.18. The minimum atomic E-state index is 0.297. The highest BCUT2D eigenvalue weighted by Crippen LogP contribution is 2.17. The summed E-state index contributed by atoms with van der Waals surface area (Å²) in [6.07, 6.45) is 4.99. The van der Waals surface area contributed by atoms with Gasteiger partial charge in [0, 0.05) is 19.1 Å². The van der Waals surface area contributed by atoms with Crippen molar-refractivity contribution in [2.75, 3.05) is 13.1 Å². The molecule has 0 spiro atoms. The summed E-state index contributed by atoms with van der Waals surface area (Å²) in [5, 5.41) is 0. The molecule has 1 saturated heterocycles. The molecule has 0 aromatic carbocycles. The van der Waals surface area contributed by atoms with E-state index in [1.807, 2.05) is 0 Å². The molecule has 2 N–H and O–H groups in total. The maximum absolute atomic E-state index is 5.17. The summed E-state index contributed by atoms with van der Waals surface area (Å²) >= 11 is 0. The van der Waals surface area contributed by atoms with Gasteiger partial charge in [-0.3, -0.25) is 0 Å². The summed E-state index contributed by atoms with van der Waals surface area (Å²) in [4.78, 5) is 7.42. The average molecular weight is 186 g/mol. The van der Waals surface area contributed by atoms with Gasteiger partial charge in [-0.25, -0.2) is 5.90 Å². The van der Waals surface area contributed by atoms with Crippen LogP contribution >= 0.6 is 0 Å². The Morgan fingerprint density at radius 3 is 2.23 bits per heavy atom. The van der Waals surface area contributed by atoms with E-state index in [4.69, 9.17) is 10.7 Å². The molecule has 1 heterocycles. The molecule has 0 bridgehead atoms. The van der Waals surface area contributed by atoms with Crippen LogP contribution < -0.4 is 5.90 Å². The first-order valence-corrected chi connectivity index (χ1v) is 5.41. The van der Waals surface area contributed by atoms with Crippen molar-refractivity contribution in [2.45, 2.75) is 51.7 Å². The molecule has 3 heteroatoms. The van der Waals surface area contributed by atoms with Gasteiger partial charge in [-0.15, -0.1) is 0 Å². The second kappa shape index (κ2) is 5.58. The van der Waals surface area contributed by atoms with Crippen LogP contribution in [0.1, 0.15) is 39.5 Å². The Kier molecular flexibility index (Phi) is 4.70. The molecule has 0 saturated carbocycles. The molecule has 13 heavy (non-hydrogen) atoms. The van der Waals surface area contributed by atoms with Crippen LogP contribution in [-0.2, 0) is 4.84 Å². The van der Waals surface area contributed by atoms with Crippen molar-refractivity contribution in [1.29, 1.82) is 0 Å². The monoisotopic (exact) mass is 186 g/mol. The van der Waals surface area contributed by atoms with Crippen LogP contribution in [0.4, 0.5) is 0 Å². The van der Waals surface area contributed by atoms with Gasteiger partial charge in [0.05, 0.1) is 6.10 Å². The van der Waals surface area contributed by atoms with Gasteiger partial charge in [0.25, 0.3) is 0 Å². The zero-order chi connectivity index (χ0) is 9.68. The van der Waals surface area contributed by atoms with E-state index in [2.05, 4.69) is 18.7 Å². The largest absolute Gasteiger partial charge is 0.301 e. The van der Waals surface area contributed by atoms with Crippen molar-refractivity contribution in [1.82, 2.24) is 4.90 Å². The summed E-state index contributed by atoms with van der Waals surface area (Å²) in [5.41, 5.74) is 0. The normalized spacial score (nSPS) is 21.2. The maximum atomic E-state index is 5.17. The van der Waals surface area contributed by atoms with Gasteiger partial charge in [0.1, 0.15) is 0 Å². The first kappa shape index (κ1) is 11.0. The van der Waals surface area contributed by atoms with Crippen LogP contribution in [0, 0.1) is 0 Å². The van der Waals surface area contributed by atoms with Gasteiger partial charge < -0.3 is 9.74 Å². The zero-order valence-corrected chi connectivity index (χ0v) is 8.83. The predicted molar refractivity (Wildman–Crippen MR) is 54.2 cm³/mol. The van der Waals surface area contributed by atoms with Crippen molar-refractivity contribution in [3.8, 4) is 0 Å². The van der Waals surface area contributed by atoms with E-state index in [1.54, 1.807) is 0 Å². The SMILES string of the molecule is CCC(CC)N1CCC(ON)CC1. The molecular weight excluding hydrogens is 164 g/mol. The van der Waals surface area contributed by atoms with Gasteiger partial charge in [-0.1, -0.05) is 13.8 Å². The highest BCUT2D eigenvalue weighted by Gasteiger charge is 2.22. The summed E-state index contributed by atoms with van der Waals surface area (Å²) in [5.74, 6) is 5.17. The fraction of sp³-hybridized carbons (Fsp3) is 1.00. The predicted octanol–water partition coefficient (Wildman–Crippen LogP) is 1.53. The van der Waals surface area contributed by atoms with E-state index in [9.17, 15) is 0 Å². The zero-order valence-electron chi connectivity index (χ0n) is 8.83. The number of hydrogen-bond donors (Lipinski definition) is 1. The number of likely N-dealkylation sites (tertiary alicyclic amines) is 1. The quantitative estimate of drug-likeness (QED) is 0.677. The Morgan fingerprint density at radius 1 is 1.31 bits per heavy atom. The second-order valence-electron chi connectivity index (χ2n) is 3.84. The van der Waals surface area contributed by atoms with E-state index in [0.717, 1.165) is 32.0 Å². The molecule has 0 aromatic heterocycles. The Balaban J connectivity index is 2.30. The summed E-state index contributed by atoms with van der Waals surface area (Å²) in [6, 6.07) is 0.763. The molecule has 0 unspecified atom stereocenters. The smallest absolute Gasteiger partial charge is 0.0811 e. The third kappa shape index (κ3) is 2.93. The number of nitrogens with zero attached hydrogens (tertiary/aromatic N) is 1. The van der Waals surface area contributed by atoms with Gasteiger partial charge in [0.2, 0.25) is 0 Å². The fourth-order valence-corrected chi connectivity index (χ4v) is 2.18. The minimum absolute atomic E-state index is 0.297. The van der Waals surface area contributed by atoms with Crippen LogP contribution in [0.25, 0.3) is 0 Å². The van der Waals surface area contributed by atoms with Crippen molar-refractivity contribution in [2.24, 2.45) is 5.90 Å². The molecule has 0 aromatic rings. The summed E-state index contributed by atoms with van der Waals surface area (Å²) in [6.45, 7) is 6.82.